The summed E-state index contributed by atoms with van der Waals surface area (Å²) in [5.74, 6) is -0.144. The van der Waals surface area contributed by atoms with Crippen molar-refractivity contribution < 1.29 is 53.4 Å². The van der Waals surface area contributed by atoms with Gasteiger partial charge in [0.05, 0.1) is 11.9 Å². The molecule has 0 saturated carbocycles. The maximum Gasteiger partial charge on any atom is 1.00 e. The van der Waals surface area contributed by atoms with Gasteiger partial charge >= 0.3 is 29.6 Å². The van der Waals surface area contributed by atoms with Gasteiger partial charge in [-0.25, -0.2) is 0 Å². The van der Waals surface area contributed by atoms with Crippen molar-refractivity contribution in [3.63, 3.8) is 0 Å². The van der Waals surface area contributed by atoms with E-state index in [0.29, 0.717) is 0 Å². The number of rotatable bonds is 14. The maximum atomic E-state index is 11.3. The van der Waals surface area contributed by atoms with E-state index in [2.05, 4.69) is 23.4 Å². The standard InChI is InChI=1S/C20H34O5S.Na.H/c1-5-7-8-9-10-11-12-19-13-15-20(16-14-19)17(3)23-18(4)24-25-26(21,22)6-2;;/h13-18H,5-12H2,1-4H3;;/q;+1;-1. The van der Waals surface area contributed by atoms with E-state index in [0.717, 1.165) is 12.0 Å². The third-order valence-corrected chi connectivity index (χ3v) is 5.29. The Morgan fingerprint density at radius 3 is 2.15 bits per heavy atom. The van der Waals surface area contributed by atoms with E-state index in [4.69, 9.17) is 9.62 Å². The molecule has 0 aliphatic heterocycles. The minimum absolute atomic E-state index is 0. The van der Waals surface area contributed by atoms with Crippen LogP contribution >= 0.6 is 0 Å². The van der Waals surface area contributed by atoms with Crippen LogP contribution in [0.25, 0.3) is 0 Å². The van der Waals surface area contributed by atoms with Gasteiger partial charge in [-0.15, -0.1) is 4.33 Å². The predicted molar refractivity (Wildman–Crippen MR) is 105 cm³/mol. The Labute approximate surface area is 189 Å². The summed E-state index contributed by atoms with van der Waals surface area (Å²) in [5.41, 5.74) is 2.35. The van der Waals surface area contributed by atoms with Crippen LogP contribution in [0.3, 0.4) is 0 Å². The van der Waals surface area contributed by atoms with Crippen molar-refractivity contribution in [3.05, 3.63) is 35.4 Å². The van der Waals surface area contributed by atoms with Gasteiger partial charge in [0, 0.05) is 0 Å². The molecular weight excluding hydrogens is 375 g/mol. The number of unbranched alkanes of at least 4 members (excludes halogenated alkanes) is 5. The van der Waals surface area contributed by atoms with Crippen molar-refractivity contribution in [1.29, 1.82) is 0 Å². The molecule has 2 atom stereocenters. The third kappa shape index (κ3) is 12.3. The summed E-state index contributed by atoms with van der Waals surface area (Å²) in [6.07, 6.45) is 7.90. The van der Waals surface area contributed by atoms with Crippen LogP contribution in [0.4, 0.5) is 0 Å². The summed E-state index contributed by atoms with van der Waals surface area (Å²) >= 11 is 0. The zero-order valence-corrected chi connectivity index (χ0v) is 20.4. The second kappa shape index (κ2) is 15.0. The Bertz CT molecular complexity index is 595. The minimum Gasteiger partial charge on any atom is -1.00 e. The molecule has 0 amide bonds. The SMILES string of the molecule is CCCCCCCCc1ccc(C(C)OC(C)OOS(=O)(=O)CC)cc1.[H-].[Na+]. The average molecular weight is 411 g/mol. The number of benzene rings is 1. The molecule has 0 spiro atoms. The Kier molecular flexibility index (Phi) is 15.0. The van der Waals surface area contributed by atoms with Crippen LogP contribution < -0.4 is 29.6 Å². The summed E-state index contributed by atoms with van der Waals surface area (Å²) in [4.78, 5) is 4.80. The summed E-state index contributed by atoms with van der Waals surface area (Å²) in [7, 11) is -3.64. The smallest absolute Gasteiger partial charge is 1.00 e. The first-order valence-electron chi connectivity index (χ1n) is 9.69. The topological polar surface area (TPSA) is 61.8 Å². The van der Waals surface area contributed by atoms with Crippen molar-refractivity contribution in [1.82, 2.24) is 0 Å². The van der Waals surface area contributed by atoms with Crippen LogP contribution in [0.5, 0.6) is 0 Å². The molecule has 0 saturated heterocycles. The molecule has 0 aromatic heterocycles. The van der Waals surface area contributed by atoms with Crippen LogP contribution in [0.15, 0.2) is 24.3 Å². The fourth-order valence-electron chi connectivity index (χ4n) is 2.62. The number of hydrogen-bond donors (Lipinski definition) is 0. The van der Waals surface area contributed by atoms with E-state index < -0.39 is 16.4 Å². The molecule has 0 radical (unpaired) electrons. The van der Waals surface area contributed by atoms with Gasteiger partial charge in [0.15, 0.2) is 6.29 Å². The van der Waals surface area contributed by atoms with Gasteiger partial charge in [-0.3, -0.25) is 0 Å². The molecule has 0 fully saturated rings. The Morgan fingerprint density at radius 1 is 0.963 bits per heavy atom. The van der Waals surface area contributed by atoms with Crippen molar-refractivity contribution in [2.45, 2.75) is 85.0 Å². The van der Waals surface area contributed by atoms with Gasteiger partial charge in [0.1, 0.15) is 0 Å². The van der Waals surface area contributed by atoms with Crippen molar-refractivity contribution in [3.8, 4) is 0 Å². The quantitative estimate of drug-likeness (QED) is 0.155. The van der Waals surface area contributed by atoms with E-state index in [1.807, 2.05) is 19.1 Å². The molecule has 7 heteroatoms. The van der Waals surface area contributed by atoms with E-state index in [1.165, 1.54) is 51.0 Å². The monoisotopic (exact) mass is 410 g/mol. The molecular formula is C20H35NaO5S. The maximum absolute atomic E-state index is 11.3. The van der Waals surface area contributed by atoms with Crippen LogP contribution in [-0.4, -0.2) is 20.5 Å². The molecule has 152 valence electrons. The molecule has 0 bridgehead atoms. The molecule has 0 heterocycles. The van der Waals surface area contributed by atoms with Gasteiger partial charge in [0.2, 0.25) is 0 Å². The zero-order chi connectivity index (χ0) is 19.4. The molecule has 5 nitrogen and oxygen atoms in total. The molecule has 1 aromatic rings. The van der Waals surface area contributed by atoms with E-state index in [1.54, 1.807) is 6.92 Å². The molecule has 0 aliphatic rings. The van der Waals surface area contributed by atoms with Crippen molar-refractivity contribution >= 4 is 10.1 Å². The minimum atomic E-state index is -3.64. The normalized spacial score (nSPS) is 13.8. The van der Waals surface area contributed by atoms with Crippen molar-refractivity contribution in [2.75, 3.05) is 5.75 Å². The second-order valence-corrected chi connectivity index (χ2v) is 8.44. The predicted octanol–water partition coefficient (Wildman–Crippen LogP) is 2.43. The van der Waals surface area contributed by atoms with Gasteiger partial charge in [-0.05, 0) is 44.7 Å². The van der Waals surface area contributed by atoms with Crippen LogP contribution in [-0.2, 0) is 30.5 Å². The number of hydrogen-bond acceptors (Lipinski definition) is 5. The van der Waals surface area contributed by atoms with Crippen molar-refractivity contribution in [2.24, 2.45) is 0 Å². The summed E-state index contributed by atoms with van der Waals surface area (Å²) in [6.45, 7) is 7.23. The second-order valence-electron chi connectivity index (χ2n) is 6.62. The average Bonchev–Trinajstić information content (AvgIpc) is 2.63. The molecule has 1 rings (SSSR count). The molecule has 0 N–H and O–H groups in total. The first-order chi connectivity index (χ1) is 12.4. The number of ether oxygens (including phenoxy) is 1. The van der Waals surface area contributed by atoms with Crippen LogP contribution in [0.2, 0.25) is 0 Å². The molecule has 1 aromatic carbocycles. The fourth-order valence-corrected chi connectivity index (χ4v) is 2.94. The molecule has 2 unspecified atom stereocenters. The molecule has 27 heavy (non-hydrogen) atoms. The van der Waals surface area contributed by atoms with Crippen LogP contribution in [0.1, 0.15) is 84.9 Å². The van der Waals surface area contributed by atoms with E-state index in [-0.39, 0.29) is 42.8 Å². The van der Waals surface area contributed by atoms with Gasteiger partial charge in [0.25, 0.3) is 10.1 Å². The Morgan fingerprint density at radius 2 is 1.56 bits per heavy atom. The van der Waals surface area contributed by atoms with E-state index in [9.17, 15) is 8.42 Å². The van der Waals surface area contributed by atoms with Crippen LogP contribution in [0, 0.1) is 0 Å². The summed E-state index contributed by atoms with van der Waals surface area (Å²) < 4.78 is 32.6. The Balaban J connectivity index is 0. The zero-order valence-electron chi connectivity index (χ0n) is 18.6. The first-order valence-corrected chi connectivity index (χ1v) is 11.3. The largest absolute Gasteiger partial charge is 1.00 e. The van der Waals surface area contributed by atoms with Gasteiger partial charge in [-0.2, -0.15) is 13.3 Å². The number of aryl methyl sites for hydroxylation is 1. The third-order valence-electron chi connectivity index (χ3n) is 4.30. The van der Waals surface area contributed by atoms with Gasteiger partial charge in [-0.1, -0.05) is 63.3 Å². The Hall–Kier alpha value is 0.0500. The first kappa shape index (κ1) is 27.0. The summed E-state index contributed by atoms with van der Waals surface area (Å²) in [5, 5.41) is 0. The van der Waals surface area contributed by atoms with E-state index >= 15 is 0 Å². The van der Waals surface area contributed by atoms with Gasteiger partial charge < -0.3 is 6.16 Å². The summed E-state index contributed by atoms with van der Waals surface area (Å²) in [6, 6.07) is 8.36. The molecule has 0 aliphatic carbocycles. The fraction of sp³-hybridized carbons (Fsp3) is 0.700.